The van der Waals surface area contributed by atoms with Crippen molar-refractivity contribution in [2.24, 2.45) is 5.84 Å². The second-order valence-corrected chi connectivity index (χ2v) is 4.70. The maximum atomic E-state index is 11.0. The van der Waals surface area contributed by atoms with Crippen molar-refractivity contribution in [2.45, 2.75) is 39.0 Å². The van der Waals surface area contributed by atoms with Crippen LogP contribution in [0.1, 0.15) is 39.0 Å². The third kappa shape index (κ3) is 6.25. The number of hydrogen-bond acceptors (Lipinski definition) is 3. The van der Waals surface area contributed by atoms with Gasteiger partial charge in [0.25, 0.3) is 0 Å². The van der Waals surface area contributed by atoms with E-state index < -0.39 is 0 Å². The normalized spacial score (nSPS) is 10.2. The highest BCUT2D eigenvalue weighted by atomic mass is 16.2. The largest absolute Gasteiger partial charge is 0.372 e. The molecular weight excluding hydrogens is 238 g/mol. The molecule has 4 heteroatoms. The smallest absolute Gasteiger partial charge is 0.233 e. The van der Waals surface area contributed by atoms with Crippen molar-refractivity contribution in [1.29, 1.82) is 0 Å². The molecule has 1 amide bonds. The van der Waals surface area contributed by atoms with Gasteiger partial charge in [0.05, 0.1) is 0 Å². The molecule has 0 spiro atoms. The van der Waals surface area contributed by atoms with E-state index in [1.54, 1.807) is 0 Å². The van der Waals surface area contributed by atoms with Crippen LogP contribution in [-0.2, 0) is 4.79 Å². The van der Waals surface area contributed by atoms with Crippen LogP contribution in [-0.4, -0.2) is 19.0 Å². The summed E-state index contributed by atoms with van der Waals surface area (Å²) in [6, 6.07) is 10.4. The summed E-state index contributed by atoms with van der Waals surface area (Å²) in [6.07, 6.45) is 4.77. The zero-order valence-electron chi connectivity index (χ0n) is 11.8. The van der Waals surface area contributed by atoms with Crippen LogP contribution in [0.25, 0.3) is 0 Å². The molecule has 1 aromatic rings. The van der Waals surface area contributed by atoms with Crippen LogP contribution in [0.4, 0.5) is 5.69 Å². The fourth-order valence-corrected chi connectivity index (χ4v) is 2.02. The molecule has 4 nitrogen and oxygen atoms in total. The molecule has 0 unspecified atom stereocenters. The number of anilines is 1. The summed E-state index contributed by atoms with van der Waals surface area (Å²) in [6.45, 7) is 4.26. The SMILES string of the molecule is CCCCN(CCCCC(=O)NN)c1ccccc1. The van der Waals surface area contributed by atoms with Gasteiger partial charge >= 0.3 is 0 Å². The third-order valence-corrected chi connectivity index (χ3v) is 3.15. The maximum Gasteiger partial charge on any atom is 0.233 e. The Morgan fingerprint density at radius 3 is 2.47 bits per heavy atom. The highest BCUT2D eigenvalue weighted by molar-refractivity contribution is 5.75. The molecule has 0 saturated heterocycles. The number of nitrogens with two attached hydrogens (primary N) is 1. The summed E-state index contributed by atoms with van der Waals surface area (Å²) in [5.41, 5.74) is 3.43. The van der Waals surface area contributed by atoms with Gasteiger partial charge < -0.3 is 4.90 Å². The minimum Gasteiger partial charge on any atom is -0.372 e. The fraction of sp³-hybridized carbons (Fsp3) is 0.533. The van der Waals surface area contributed by atoms with Gasteiger partial charge in [0.2, 0.25) is 5.91 Å². The first-order valence-electron chi connectivity index (χ1n) is 7.07. The Bertz CT molecular complexity index is 354. The second kappa shape index (κ2) is 9.39. The van der Waals surface area contributed by atoms with E-state index in [1.165, 1.54) is 18.5 Å². The molecule has 3 N–H and O–H groups in total. The highest BCUT2D eigenvalue weighted by Gasteiger charge is 2.06. The van der Waals surface area contributed by atoms with Crippen molar-refractivity contribution in [3.63, 3.8) is 0 Å². The van der Waals surface area contributed by atoms with Crippen LogP contribution in [0.3, 0.4) is 0 Å². The lowest BCUT2D eigenvalue weighted by Crippen LogP contribution is -2.30. The average molecular weight is 263 g/mol. The molecule has 1 aromatic carbocycles. The Morgan fingerprint density at radius 1 is 1.16 bits per heavy atom. The molecule has 1 rings (SSSR count). The van der Waals surface area contributed by atoms with E-state index in [9.17, 15) is 4.79 Å². The minimum atomic E-state index is -0.0835. The van der Waals surface area contributed by atoms with Crippen molar-refractivity contribution < 1.29 is 4.79 Å². The van der Waals surface area contributed by atoms with E-state index >= 15 is 0 Å². The molecule has 0 aliphatic rings. The molecule has 0 aliphatic carbocycles. The number of unbranched alkanes of at least 4 members (excludes halogenated alkanes) is 2. The van der Waals surface area contributed by atoms with Crippen LogP contribution in [0.2, 0.25) is 0 Å². The first-order chi connectivity index (χ1) is 9.27. The minimum absolute atomic E-state index is 0.0835. The van der Waals surface area contributed by atoms with Crippen LogP contribution >= 0.6 is 0 Å². The third-order valence-electron chi connectivity index (χ3n) is 3.15. The molecule has 0 aliphatic heterocycles. The van der Waals surface area contributed by atoms with Gasteiger partial charge in [0.15, 0.2) is 0 Å². The lowest BCUT2D eigenvalue weighted by molar-refractivity contribution is -0.121. The predicted octanol–water partition coefficient (Wildman–Crippen LogP) is 2.45. The summed E-state index contributed by atoms with van der Waals surface area (Å²) in [4.78, 5) is 13.4. The lowest BCUT2D eigenvalue weighted by Gasteiger charge is -2.24. The quantitative estimate of drug-likeness (QED) is 0.311. The van der Waals surface area contributed by atoms with Crippen LogP contribution in [0.5, 0.6) is 0 Å². The number of nitrogens with zero attached hydrogens (tertiary/aromatic N) is 1. The fourth-order valence-electron chi connectivity index (χ4n) is 2.02. The summed E-state index contributed by atoms with van der Waals surface area (Å²) < 4.78 is 0. The first kappa shape index (κ1) is 15.5. The zero-order valence-corrected chi connectivity index (χ0v) is 11.8. The molecule has 106 valence electrons. The number of hydrazine groups is 1. The van der Waals surface area contributed by atoms with Gasteiger partial charge in [0.1, 0.15) is 0 Å². The lowest BCUT2D eigenvalue weighted by atomic mass is 10.2. The van der Waals surface area contributed by atoms with Crippen LogP contribution in [0, 0.1) is 0 Å². The molecule has 0 atom stereocenters. The van der Waals surface area contributed by atoms with E-state index in [2.05, 4.69) is 41.5 Å². The molecule has 0 fully saturated rings. The number of carbonyl (C=O) groups is 1. The van der Waals surface area contributed by atoms with Crippen molar-refractivity contribution in [1.82, 2.24) is 5.43 Å². The van der Waals surface area contributed by atoms with Gasteiger partial charge in [-0.2, -0.15) is 0 Å². The van der Waals surface area contributed by atoms with E-state index in [0.717, 1.165) is 25.9 Å². The Hall–Kier alpha value is -1.55. The number of para-hydroxylation sites is 1. The van der Waals surface area contributed by atoms with Crippen molar-refractivity contribution >= 4 is 11.6 Å². The molecular formula is C15H25N3O. The summed E-state index contributed by atoms with van der Waals surface area (Å²) in [7, 11) is 0. The summed E-state index contributed by atoms with van der Waals surface area (Å²) in [5.74, 6) is 4.98. The van der Waals surface area contributed by atoms with Gasteiger partial charge in [-0.05, 0) is 31.4 Å². The van der Waals surface area contributed by atoms with E-state index in [-0.39, 0.29) is 5.91 Å². The predicted molar refractivity (Wildman–Crippen MR) is 79.7 cm³/mol. The van der Waals surface area contributed by atoms with Crippen molar-refractivity contribution in [3.05, 3.63) is 30.3 Å². The van der Waals surface area contributed by atoms with Gasteiger partial charge in [-0.25, -0.2) is 5.84 Å². The number of nitrogens with one attached hydrogen (secondary N) is 1. The Balaban J connectivity index is 2.40. The average Bonchev–Trinajstić information content (AvgIpc) is 2.47. The van der Waals surface area contributed by atoms with Crippen molar-refractivity contribution in [2.75, 3.05) is 18.0 Å². The number of carbonyl (C=O) groups excluding carboxylic acids is 1. The molecule has 0 bridgehead atoms. The topological polar surface area (TPSA) is 58.4 Å². The number of rotatable bonds is 9. The molecule has 0 aromatic heterocycles. The van der Waals surface area contributed by atoms with Gasteiger partial charge in [-0.3, -0.25) is 10.2 Å². The van der Waals surface area contributed by atoms with E-state index in [1.807, 2.05) is 6.07 Å². The number of benzene rings is 1. The summed E-state index contributed by atoms with van der Waals surface area (Å²) >= 11 is 0. The Labute approximate surface area is 115 Å². The van der Waals surface area contributed by atoms with E-state index in [0.29, 0.717) is 6.42 Å². The first-order valence-corrected chi connectivity index (χ1v) is 7.07. The maximum absolute atomic E-state index is 11.0. The van der Waals surface area contributed by atoms with Crippen LogP contribution < -0.4 is 16.2 Å². The standard InChI is InChI=1S/C15H25N3O/c1-2-3-12-18(14-9-5-4-6-10-14)13-8-7-11-15(19)17-16/h4-6,9-10H,2-3,7-8,11-13,16H2,1H3,(H,17,19). The van der Waals surface area contributed by atoms with Crippen molar-refractivity contribution in [3.8, 4) is 0 Å². The van der Waals surface area contributed by atoms with Crippen LogP contribution in [0.15, 0.2) is 30.3 Å². The molecule has 0 saturated carbocycles. The highest BCUT2D eigenvalue weighted by Crippen LogP contribution is 2.15. The molecule has 0 radical (unpaired) electrons. The van der Waals surface area contributed by atoms with Gasteiger partial charge in [0, 0.05) is 25.2 Å². The second-order valence-electron chi connectivity index (χ2n) is 4.70. The number of hydrogen-bond donors (Lipinski definition) is 2. The summed E-state index contributed by atoms with van der Waals surface area (Å²) in [5, 5.41) is 0. The van der Waals surface area contributed by atoms with Gasteiger partial charge in [-0.15, -0.1) is 0 Å². The Morgan fingerprint density at radius 2 is 1.84 bits per heavy atom. The molecule has 0 heterocycles. The zero-order chi connectivity index (χ0) is 13.9. The Kier molecular flexibility index (Phi) is 7.66. The monoisotopic (exact) mass is 263 g/mol. The van der Waals surface area contributed by atoms with E-state index in [4.69, 9.17) is 5.84 Å². The molecule has 19 heavy (non-hydrogen) atoms. The number of amides is 1. The van der Waals surface area contributed by atoms with Gasteiger partial charge in [-0.1, -0.05) is 31.5 Å².